The molecule has 1 fully saturated rings. The molecule has 2 N–H and O–H groups in total. The molecule has 0 aliphatic heterocycles. The summed E-state index contributed by atoms with van der Waals surface area (Å²) in [7, 11) is 2.21. The van der Waals surface area contributed by atoms with Gasteiger partial charge in [0.05, 0.1) is 5.69 Å². The molecule has 1 aromatic rings. The molecule has 3 nitrogen and oxygen atoms in total. The number of nitrogens with zero attached hydrogens (tertiary/aromatic N) is 2. The molecule has 0 radical (unpaired) electrons. The summed E-state index contributed by atoms with van der Waals surface area (Å²) < 4.78 is 0. The van der Waals surface area contributed by atoms with Gasteiger partial charge >= 0.3 is 0 Å². The van der Waals surface area contributed by atoms with Gasteiger partial charge in [-0.1, -0.05) is 38.0 Å². The second-order valence-electron chi connectivity index (χ2n) is 7.01. The average molecular weight is 279 g/mol. The monoisotopic (exact) mass is 279 g/mol. The SMILES string of the molecule is CN(c1nc2c(s1)C(N)CC(C)(C)C2)C1CCCC1. The first-order valence-electron chi connectivity index (χ1n) is 7.44. The van der Waals surface area contributed by atoms with Crippen LogP contribution in [0.25, 0.3) is 0 Å². The largest absolute Gasteiger partial charge is 0.348 e. The van der Waals surface area contributed by atoms with E-state index in [1.165, 1.54) is 41.4 Å². The second-order valence-corrected chi connectivity index (χ2v) is 8.02. The van der Waals surface area contributed by atoms with E-state index in [1.54, 1.807) is 0 Å². The van der Waals surface area contributed by atoms with Gasteiger partial charge in [-0.25, -0.2) is 4.98 Å². The molecule has 4 heteroatoms. The van der Waals surface area contributed by atoms with Crippen LogP contribution in [0.2, 0.25) is 0 Å². The Hall–Kier alpha value is -0.610. The van der Waals surface area contributed by atoms with E-state index in [0.717, 1.165) is 12.8 Å². The normalized spacial score (nSPS) is 26.4. The molecule has 1 atom stereocenters. The summed E-state index contributed by atoms with van der Waals surface area (Å²) in [4.78, 5) is 8.64. The lowest BCUT2D eigenvalue weighted by atomic mass is 9.77. The molecule has 2 aliphatic carbocycles. The Morgan fingerprint density at radius 1 is 1.32 bits per heavy atom. The van der Waals surface area contributed by atoms with Gasteiger partial charge in [0.15, 0.2) is 5.13 Å². The zero-order valence-electron chi connectivity index (χ0n) is 12.3. The lowest BCUT2D eigenvalue weighted by molar-refractivity contribution is 0.282. The molecule has 106 valence electrons. The van der Waals surface area contributed by atoms with Gasteiger partial charge in [-0.2, -0.15) is 0 Å². The molecule has 0 saturated heterocycles. The molecule has 0 spiro atoms. The van der Waals surface area contributed by atoms with E-state index >= 15 is 0 Å². The predicted molar refractivity (Wildman–Crippen MR) is 81.8 cm³/mol. The third-order valence-electron chi connectivity index (χ3n) is 4.65. The quantitative estimate of drug-likeness (QED) is 0.901. The maximum absolute atomic E-state index is 6.34. The molecule has 0 amide bonds. The van der Waals surface area contributed by atoms with Crippen LogP contribution in [0, 0.1) is 5.41 Å². The number of aromatic nitrogens is 1. The van der Waals surface area contributed by atoms with Gasteiger partial charge in [-0.05, 0) is 31.1 Å². The number of anilines is 1. The first kappa shape index (κ1) is 13.4. The van der Waals surface area contributed by atoms with Crippen molar-refractivity contribution in [2.75, 3.05) is 11.9 Å². The van der Waals surface area contributed by atoms with Crippen LogP contribution in [0.5, 0.6) is 0 Å². The van der Waals surface area contributed by atoms with Crippen LogP contribution in [0.3, 0.4) is 0 Å². The van der Waals surface area contributed by atoms with Crippen molar-refractivity contribution in [1.29, 1.82) is 0 Å². The summed E-state index contributed by atoms with van der Waals surface area (Å²) in [5.41, 5.74) is 7.89. The van der Waals surface area contributed by atoms with Gasteiger partial charge in [0.1, 0.15) is 0 Å². The molecular formula is C15H25N3S. The highest BCUT2D eigenvalue weighted by Crippen LogP contribution is 2.44. The second kappa shape index (κ2) is 4.74. The van der Waals surface area contributed by atoms with E-state index in [1.807, 2.05) is 11.3 Å². The lowest BCUT2D eigenvalue weighted by Gasteiger charge is -2.32. The van der Waals surface area contributed by atoms with Gasteiger partial charge < -0.3 is 10.6 Å². The maximum atomic E-state index is 6.34. The van der Waals surface area contributed by atoms with Crippen molar-refractivity contribution in [2.45, 2.75) is 64.5 Å². The molecular weight excluding hydrogens is 254 g/mol. The third-order valence-corrected chi connectivity index (χ3v) is 5.97. The topological polar surface area (TPSA) is 42.2 Å². The zero-order valence-corrected chi connectivity index (χ0v) is 13.1. The predicted octanol–water partition coefficient (Wildman–Crippen LogP) is 3.49. The first-order chi connectivity index (χ1) is 8.96. The minimum atomic E-state index is 0.182. The van der Waals surface area contributed by atoms with E-state index in [2.05, 4.69) is 25.8 Å². The van der Waals surface area contributed by atoms with E-state index in [-0.39, 0.29) is 6.04 Å². The van der Waals surface area contributed by atoms with Crippen LogP contribution in [-0.4, -0.2) is 18.1 Å². The molecule has 19 heavy (non-hydrogen) atoms. The molecule has 0 aromatic carbocycles. The number of hydrogen-bond acceptors (Lipinski definition) is 4. The highest BCUT2D eigenvalue weighted by molar-refractivity contribution is 7.15. The number of rotatable bonds is 2. The highest BCUT2D eigenvalue weighted by Gasteiger charge is 2.34. The smallest absolute Gasteiger partial charge is 0.185 e. The Morgan fingerprint density at radius 3 is 2.68 bits per heavy atom. The van der Waals surface area contributed by atoms with Crippen LogP contribution in [0.1, 0.15) is 62.6 Å². The van der Waals surface area contributed by atoms with Crippen molar-refractivity contribution in [1.82, 2.24) is 4.98 Å². The molecule has 1 aromatic heterocycles. The van der Waals surface area contributed by atoms with Crippen LogP contribution in [-0.2, 0) is 6.42 Å². The Bertz CT molecular complexity index is 460. The molecule has 2 aliphatic rings. The Kier molecular flexibility index (Phi) is 3.34. The Morgan fingerprint density at radius 2 is 2.00 bits per heavy atom. The van der Waals surface area contributed by atoms with Gasteiger partial charge in [0, 0.05) is 24.0 Å². The number of fused-ring (bicyclic) bond motifs is 1. The van der Waals surface area contributed by atoms with Gasteiger partial charge in [-0.15, -0.1) is 0 Å². The summed E-state index contributed by atoms with van der Waals surface area (Å²) in [6.45, 7) is 4.60. The summed E-state index contributed by atoms with van der Waals surface area (Å²) in [5, 5.41) is 1.19. The van der Waals surface area contributed by atoms with E-state index in [9.17, 15) is 0 Å². The van der Waals surface area contributed by atoms with E-state index < -0.39 is 0 Å². The van der Waals surface area contributed by atoms with Gasteiger partial charge in [-0.3, -0.25) is 0 Å². The number of nitrogens with two attached hydrogens (primary N) is 1. The van der Waals surface area contributed by atoms with Crippen LogP contribution >= 0.6 is 11.3 Å². The standard InChI is InChI=1S/C15H25N3S/c1-15(2)8-11(16)13-12(9-15)17-14(19-13)18(3)10-6-4-5-7-10/h10-11H,4-9,16H2,1-3H3. The molecule has 3 rings (SSSR count). The minimum Gasteiger partial charge on any atom is -0.348 e. The van der Waals surface area contributed by atoms with Crippen molar-refractivity contribution < 1.29 is 0 Å². The van der Waals surface area contributed by atoms with E-state index in [4.69, 9.17) is 10.7 Å². The van der Waals surface area contributed by atoms with Gasteiger partial charge in [0.25, 0.3) is 0 Å². The maximum Gasteiger partial charge on any atom is 0.185 e. The van der Waals surface area contributed by atoms with E-state index in [0.29, 0.717) is 11.5 Å². The molecule has 1 saturated carbocycles. The van der Waals surface area contributed by atoms with Crippen molar-refractivity contribution in [3.8, 4) is 0 Å². The van der Waals surface area contributed by atoms with Crippen LogP contribution in [0.15, 0.2) is 0 Å². The van der Waals surface area contributed by atoms with Gasteiger partial charge in [0.2, 0.25) is 0 Å². The number of thiazole rings is 1. The lowest BCUT2D eigenvalue weighted by Crippen LogP contribution is -2.29. The van der Waals surface area contributed by atoms with Crippen LogP contribution in [0.4, 0.5) is 5.13 Å². The number of hydrogen-bond donors (Lipinski definition) is 1. The fraction of sp³-hybridized carbons (Fsp3) is 0.800. The van der Waals surface area contributed by atoms with Crippen molar-refractivity contribution in [2.24, 2.45) is 11.1 Å². The minimum absolute atomic E-state index is 0.182. The fourth-order valence-electron chi connectivity index (χ4n) is 3.58. The van der Waals surface area contributed by atoms with Crippen molar-refractivity contribution in [3.05, 3.63) is 10.6 Å². The zero-order chi connectivity index (χ0) is 13.6. The molecule has 1 unspecified atom stereocenters. The Labute approximate surface area is 120 Å². The summed E-state index contributed by atoms with van der Waals surface area (Å²) >= 11 is 1.83. The molecule has 1 heterocycles. The van der Waals surface area contributed by atoms with Crippen molar-refractivity contribution in [3.63, 3.8) is 0 Å². The summed E-state index contributed by atoms with van der Waals surface area (Å²) in [5.74, 6) is 0. The van der Waals surface area contributed by atoms with Crippen LogP contribution < -0.4 is 10.6 Å². The highest BCUT2D eigenvalue weighted by atomic mass is 32.1. The molecule has 0 bridgehead atoms. The third kappa shape index (κ3) is 2.52. The fourth-order valence-corrected chi connectivity index (χ4v) is 4.69. The Balaban J connectivity index is 1.85. The van der Waals surface area contributed by atoms with Crippen molar-refractivity contribution >= 4 is 16.5 Å². The summed E-state index contributed by atoms with van der Waals surface area (Å²) in [6.07, 6.45) is 7.52. The summed E-state index contributed by atoms with van der Waals surface area (Å²) in [6, 6.07) is 0.874. The first-order valence-corrected chi connectivity index (χ1v) is 8.26. The average Bonchev–Trinajstić information content (AvgIpc) is 2.94.